The molecule has 3 aliphatic rings. The molecule has 0 N–H and O–H groups in total. The van der Waals surface area contributed by atoms with Gasteiger partial charge in [-0.05, 0) is 56.1 Å². The van der Waals surface area contributed by atoms with Gasteiger partial charge in [0.25, 0.3) is 0 Å². The van der Waals surface area contributed by atoms with Gasteiger partial charge < -0.3 is 9.80 Å². The highest BCUT2D eigenvalue weighted by atomic mass is 19.1. The number of hydrogen-bond acceptors (Lipinski definition) is 2. The van der Waals surface area contributed by atoms with E-state index in [9.17, 15) is 14.0 Å². The molecule has 0 spiro atoms. The molecule has 2 atom stereocenters. The van der Waals surface area contributed by atoms with Crippen molar-refractivity contribution in [3.8, 4) is 0 Å². The summed E-state index contributed by atoms with van der Waals surface area (Å²) in [5.41, 5.74) is 0.668. The topological polar surface area (TPSA) is 40.6 Å². The molecule has 2 amide bonds. The van der Waals surface area contributed by atoms with Crippen molar-refractivity contribution in [2.75, 3.05) is 26.2 Å². The summed E-state index contributed by atoms with van der Waals surface area (Å²) in [6.45, 7) is 3.10. The van der Waals surface area contributed by atoms with E-state index >= 15 is 0 Å². The van der Waals surface area contributed by atoms with Gasteiger partial charge in [-0.15, -0.1) is 0 Å². The molecule has 26 heavy (non-hydrogen) atoms. The van der Waals surface area contributed by atoms with Crippen LogP contribution in [0.4, 0.5) is 4.39 Å². The number of amides is 2. The van der Waals surface area contributed by atoms with Crippen molar-refractivity contribution in [3.63, 3.8) is 0 Å². The zero-order valence-corrected chi connectivity index (χ0v) is 15.2. The summed E-state index contributed by atoms with van der Waals surface area (Å²) >= 11 is 0. The molecule has 0 aromatic heterocycles. The maximum atomic E-state index is 13.9. The van der Waals surface area contributed by atoms with E-state index in [-0.39, 0.29) is 35.4 Å². The fraction of sp³-hybridized carbons (Fsp3) is 0.619. The van der Waals surface area contributed by atoms with Crippen LogP contribution in [0.25, 0.3) is 0 Å². The number of hydrogen-bond donors (Lipinski definition) is 0. The number of carbonyl (C=O) groups excluding carboxylic acids is 2. The van der Waals surface area contributed by atoms with Gasteiger partial charge in [0.15, 0.2) is 0 Å². The average Bonchev–Trinajstić information content (AvgIpc) is 3.48. The molecule has 1 aliphatic carbocycles. The summed E-state index contributed by atoms with van der Waals surface area (Å²) < 4.78 is 13.9. The molecule has 0 bridgehead atoms. The van der Waals surface area contributed by atoms with Crippen molar-refractivity contribution in [1.82, 2.24) is 9.80 Å². The maximum absolute atomic E-state index is 13.9. The number of halogens is 1. The molecule has 4 rings (SSSR count). The molecule has 1 aromatic carbocycles. The van der Waals surface area contributed by atoms with E-state index in [0.717, 1.165) is 45.2 Å². The molecule has 3 fully saturated rings. The van der Waals surface area contributed by atoms with Gasteiger partial charge in [0.2, 0.25) is 11.8 Å². The Morgan fingerprint density at radius 2 is 1.54 bits per heavy atom. The summed E-state index contributed by atoms with van der Waals surface area (Å²) in [4.78, 5) is 29.3. The molecule has 2 saturated heterocycles. The van der Waals surface area contributed by atoms with Gasteiger partial charge >= 0.3 is 0 Å². The van der Waals surface area contributed by atoms with Crippen LogP contribution in [-0.4, -0.2) is 47.8 Å². The first kappa shape index (κ1) is 17.5. The number of carbonyl (C=O) groups is 2. The molecule has 5 heteroatoms. The largest absolute Gasteiger partial charge is 0.342 e. The minimum Gasteiger partial charge on any atom is -0.342 e. The smallest absolute Gasteiger partial charge is 0.226 e. The molecule has 2 heterocycles. The third kappa shape index (κ3) is 3.49. The fourth-order valence-corrected chi connectivity index (χ4v) is 4.54. The van der Waals surface area contributed by atoms with Gasteiger partial charge in [-0.1, -0.05) is 18.2 Å². The molecule has 0 radical (unpaired) electrons. The first-order chi connectivity index (χ1) is 12.6. The van der Waals surface area contributed by atoms with Crippen LogP contribution in [0.5, 0.6) is 0 Å². The van der Waals surface area contributed by atoms with E-state index < -0.39 is 0 Å². The van der Waals surface area contributed by atoms with Crippen molar-refractivity contribution < 1.29 is 14.0 Å². The molecule has 2 aliphatic heterocycles. The Labute approximate surface area is 154 Å². The van der Waals surface area contributed by atoms with Crippen LogP contribution in [-0.2, 0) is 9.59 Å². The van der Waals surface area contributed by atoms with Gasteiger partial charge in [0, 0.05) is 38.0 Å². The van der Waals surface area contributed by atoms with Crippen LogP contribution in [0.15, 0.2) is 24.3 Å². The molecule has 140 valence electrons. The van der Waals surface area contributed by atoms with Crippen LogP contribution < -0.4 is 0 Å². The fourth-order valence-electron chi connectivity index (χ4n) is 4.54. The van der Waals surface area contributed by atoms with Crippen LogP contribution in [0.1, 0.15) is 50.0 Å². The van der Waals surface area contributed by atoms with E-state index in [0.29, 0.717) is 18.7 Å². The second-order valence-electron chi connectivity index (χ2n) is 7.96. The van der Waals surface area contributed by atoms with Gasteiger partial charge in [0.1, 0.15) is 5.82 Å². The summed E-state index contributed by atoms with van der Waals surface area (Å²) in [6, 6.07) is 6.77. The van der Waals surface area contributed by atoms with Crippen molar-refractivity contribution in [2.45, 2.75) is 44.4 Å². The third-order valence-corrected chi connectivity index (χ3v) is 6.24. The standard InChI is InChI=1S/C21H27FN2O2/c22-19-7-3-2-6-16(19)17-14-18(17)21(26)24-12-8-15(9-13-24)20(25)23-10-4-1-5-11-23/h2-3,6-7,15,17-18H,1,4-5,8-14H2. The van der Waals surface area contributed by atoms with Gasteiger partial charge in [-0.3, -0.25) is 9.59 Å². The lowest BCUT2D eigenvalue weighted by Crippen LogP contribution is -2.46. The Hall–Kier alpha value is -1.91. The van der Waals surface area contributed by atoms with Crippen molar-refractivity contribution in [3.05, 3.63) is 35.6 Å². The quantitative estimate of drug-likeness (QED) is 0.833. The highest BCUT2D eigenvalue weighted by molar-refractivity contribution is 5.84. The lowest BCUT2D eigenvalue weighted by Gasteiger charge is -2.35. The number of piperidine rings is 2. The molecule has 1 aromatic rings. The average molecular weight is 358 g/mol. The second-order valence-corrected chi connectivity index (χ2v) is 7.96. The monoisotopic (exact) mass is 358 g/mol. The Kier molecular flexibility index (Phi) is 4.96. The van der Waals surface area contributed by atoms with E-state index in [1.165, 1.54) is 12.5 Å². The zero-order chi connectivity index (χ0) is 18.1. The third-order valence-electron chi connectivity index (χ3n) is 6.24. The van der Waals surface area contributed by atoms with Crippen molar-refractivity contribution in [2.24, 2.45) is 11.8 Å². The molecule has 1 saturated carbocycles. The predicted molar refractivity (Wildman–Crippen MR) is 97.0 cm³/mol. The number of likely N-dealkylation sites (tertiary alicyclic amines) is 2. The number of rotatable bonds is 3. The van der Waals surface area contributed by atoms with Crippen LogP contribution >= 0.6 is 0 Å². The summed E-state index contributed by atoms with van der Waals surface area (Å²) in [6.07, 6.45) is 5.72. The molecular formula is C21H27FN2O2. The summed E-state index contributed by atoms with van der Waals surface area (Å²) in [7, 11) is 0. The normalized spacial score (nSPS) is 26.7. The van der Waals surface area contributed by atoms with Crippen molar-refractivity contribution >= 4 is 11.8 Å². The van der Waals surface area contributed by atoms with E-state index in [1.807, 2.05) is 15.9 Å². The highest BCUT2D eigenvalue weighted by Crippen LogP contribution is 2.49. The van der Waals surface area contributed by atoms with Crippen molar-refractivity contribution in [1.29, 1.82) is 0 Å². The first-order valence-corrected chi connectivity index (χ1v) is 9.97. The van der Waals surface area contributed by atoms with Gasteiger partial charge in [-0.2, -0.15) is 0 Å². The Bertz CT molecular complexity index is 678. The van der Waals surface area contributed by atoms with Crippen LogP contribution in [0.2, 0.25) is 0 Å². The Morgan fingerprint density at radius 1 is 0.885 bits per heavy atom. The van der Waals surface area contributed by atoms with Crippen LogP contribution in [0.3, 0.4) is 0 Å². The molecular weight excluding hydrogens is 331 g/mol. The summed E-state index contributed by atoms with van der Waals surface area (Å²) in [5, 5.41) is 0. The minimum atomic E-state index is -0.210. The molecule has 2 unspecified atom stereocenters. The SMILES string of the molecule is O=C(C1CCN(C(=O)C2CC2c2ccccc2F)CC1)N1CCCCC1. The minimum absolute atomic E-state index is 0.0244. The lowest BCUT2D eigenvalue weighted by atomic mass is 9.94. The summed E-state index contributed by atoms with van der Waals surface area (Å²) in [5.74, 6) is 0.226. The first-order valence-electron chi connectivity index (χ1n) is 9.97. The Morgan fingerprint density at radius 3 is 2.23 bits per heavy atom. The lowest BCUT2D eigenvalue weighted by molar-refractivity contribution is -0.141. The highest BCUT2D eigenvalue weighted by Gasteiger charge is 2.47. The number of nitrogens with zero attached hydrogens (tertiary/aromatic N) is 2. The number of benzene rings is 1. The predicted octanol–water partition coefficient (Wildman–Crippen LogP) is 3.18. The maximum Gasteiger partial charge on any atom is 0.226 e. The van der Waals surface area contributed by atoms with E-state index in [1.54, 1.807) is 12.1 Å². The van der Waals surface area contributed by atoms with Crippen LogP contribution in [0, 0.1) is 17.7 Å². The molecule has 4 nitrogen and oxygen atoms in total. The zero-order valence-electron chi connectivity index (χ0n) is 15.2. The van der Waals surface area contributed by atoms with Gasteiger partial charge in [0.05, 0.1) is 0 Å². The van der Waals surface area contributed by atoms with E-state index in [4.69, 9.17) is 0 Å². The second kappa shape index (κ2) is 7.37. The van der Waals surface area contributed by atoms with Gasteiger partial charge in [-0.25, -0.2) is 4.39 Å². The van der Waals surface area contributed by atoms with E-state index in [2.05, 4.69) is 0 Å². The Balaban J connectivity index is 1.29.